The highest BCUT2D eigenvalue weighted by Crippen LogP contribution is 2.34. The Bertz CT molecular complexity index is 1100. The second-order valence-electron chi connectivity index (χ2n) is 6.20. The number of aryl methyl sites for hydroxylation is 2. The number of nitrogens with zero attached hydrogens (tertiary/aromatic N) is 1. The predicted molar refractivity (Wildman–Crippen MR) is 99.2 cm³/mol. The summed E-state index contributed by atoms with van der Waals surface area (Å²) in [5.41, 5.74) is 1.56. The standard InChI is InChI=1S/C19H16N2O5S/c1-25-18(23)10-5-7-11(8-6-10)19(24)26-9-14-20-16(22)15-12-3-2-4-13(12)27-17(15)21-14/h5-8H,2-4,9H2,1H3,(H,20,21,22). The summed E-state index contributed by atoms with van der Waals surface area (Å²) >= 11 is 1.54. The summed E-state index contributed by atoms with van der Waals surface area (Å²) in [4.78, 5) is 45.0. The Morgan fingerprint density at radius 1 is 1.15 bits per heavy atom. The third-order valence-corrected chi connectivity index (χ3v) is 5.69. The van der Waals surface area contributed by atoms with Gasteiger partial charge in [-0.25, -0.2) is 14.6 Å². The molecule has 2 heterocycles. The van der Waals surface area contributed by atoms with Crippen LogP contribution in [0.15, 0.2) is 29.1 Å². The zero-order valence-corrected chi connectivity index (χ0v) is 15.4. The number of hydrogen-bond acceptors (Lipinski definition) is 7. The molecule has 1 aliphatic carbocycles. The SMILES string of the molecule is COC(=O)c1ccc(C(=O)OCc2nc3sc4c(c3c(=O)[nH]2)CCC4)cc1. The van der Waals surface area contributed by atoms with Crippen molar-refractivity contribution in [1.82, 2.24) is 9.97 Å². The first-order chi connectivity index (χ1) is 13.1. The third kappa shape index (κ3) is 3.23. The van der Waals surface area contributed by atoms with Crippen LogP contribution in [-0.2, 0) is 28.9 Å². The van der Waals surface area contributed by atoms with Gasteiger partial charge in [0.2, 0.25) is 0 Å². The Hall–Kier alpha value is -3.00. The Morgan fingerprint density at radius 3 is 2.56 bits per heavy atom. The largest absolute Gasteiger partial charge is 0.465 e. The molecule has 0 fully saturated rings. The fourth-order valence-corrected chi connectivity index (χ4v) is 4.47. The monoisotopic (exact) mass is 384 g/mol. The van der Waals surface area contributed by atoms with Crippen LogP contribution < -0.4 is 5.56 Å². The second kappa shape index (κ2) is 6.96. The van der Waals surface area contributed by atoms with Crippen molar-refractivity contribution in [3.05, 3.63) is 62.0 Å². The number of carbonyl (C=O) groups excluding carboxylic acids is 2. The van der Waals surface area contributed by atoms with Gasteiger partial charge in [-0.2, -0.15) is 0 Å². The minimum Gasteiger partial charge on any atom is -0.465 e. The van der Waals surface area contributed by atoms with Gasteiger partial charge >= 0.3 is 11.9 Å². The van der Waals surface area contributed by atoms with Crippen LogP contribution in [0, 0.1) is 0 Å². The summed E-state index contributed by atoms with van der Waals surface area (Å²) in [5.74, 6) is -0.734. The number of aromatic amines is 1. The summed E-state index contributed by atoms with van der Waals surface area (Å²) in [6.07, 6.45) is 2.97. The number of nitrogens with one attached hydrogen (secondary N) is 1. The molecule has 1 aromatic carbocycles. The number of esters is 2. The molecule has 27 heavy (non-hydrogen) atoms. The molecular weight excluding hydrogens is 368 g/mol. The van der Waals surface area contributed by atoms with Crippen LogP contribution in [0.1, 0.15) is 43.4 Å². The molecule has 4 rings (SSSR count). The summed E-state index contributed by atoms with van der Waals surface area (Å²) in [6, 6.07) is 5.94. The van der Waals surface area contributed by atoms with E-state index < -0.39 is 11.9 Å². The maximum Gasteiger partial charge on any atom is 0.338 e. The Labute approximate surface area is 158 Å². The van der Waals surface area contributed by atoms with Gasteiger partial charge in [-0.3, -0.25) is 4.79 Å². The molecular formula is C19H16N2O5S. The Balaban J connectivity index is 1.49. The lowest BCUT2D eigenvalue weighted by molar-refractivity contribution is 0.0461. The van der Waals surface area contributed by atoms with Gasteiger partial charge in [-0.1, -0.05) is 0 Å². The summed E-state index contributed by atoms with van der Waals surface area (Å²) in [6.45, 7) is -0.134. The molecule has 0 bridgehead atoms. The molecule has 0 amide bonds. The van der Waals surface area contributed by atoms with Crippen LogP contribution in [0.5, 0.6) is 0 Å². The van der Waals surface area contributed by atoms with Crippen molar-refractivity contribution in [2.75, 3.05) is 7.11 Å². The number of H-pyrrole nitrogens is 1. The number of carbonyl (C=O) groups is 2. The maximum atomic E-state index is 12.4. The van der Waals surface area contributed by atoms with Crippen LogP contribution in [-0.4, -0.2) is 29.0 Å². The first kappa shape index (κ1) is 17.4. The highest BCUT2D eigenvalue weighted by molar-refractivity contribution is 7.18. The van der Waals surface area contributed by atoms with Crippen molar-refractivity contribution >= 4 is 33.5 Å². The number of aromatic nitrogens is 2. The zero-order chi connectivity index (χ0) is 19.0. The molecule has 2 aromatic heterocycles. The topological polar surface area (TPSA) is 98.3 Å². The van der Waals surface area contributed by atoms with Crippen LogP contribution in [0.4, 0.5) is 0 Å². The van der Waals surface area contributed by atoms with E-state index in [1.807, 2.05) is 0 Å². The quantitative estimate of drug-likeness (QED) is 0.695. The lowest BCUT2D eigenvalue weighted by Gasteiger charge is -2.05. The second-order valence-corrected chi connectivity index (χ2v) is 7.28. The van der Waals surface area contributed by atoms with E-state index in [9.17, 15) is 14.4 Å². The van der Waals surface area contributed by atoms with Crippen molar-refractivity contribution in [2.24, 2.45) is 0 Å². The van der Waals surface area contributed by atoms with Crippen molar-refractivity contribution in [3.63, 3.8) is 0 Å². The zero-order valence-electron chi connectivity index (χ0n) is 14.5. The van der Waals surface area contributed by atoms with E-state index in [0.717, 1.165) is 24.8 Å². The fraction of sp³-hybridized carbons (Fsp3) is 0.263. The molecule has 7 nitrogen and oxygen atoms in total. The van der Waals surface area contributed by atoms with E-state index in [-0.39, 0.29) is 12.2 Å². The van der Waals surface area contributed by atoms with E-state index in [0.29, 0.717) is 27.2 Å². The Kier molecular flexibility index (Phi) is 4.49. The van der Waals surface area contributed by atoms with Gasteiger partial charge in [-0.05, 0) is 49.1 Å². The molecule has 0 saturated carbocycles. The molecule has 138 valence electrons. The Morgan fingerprint density at radius 2 is 1.85 bits per heavy atom. The number of fused-ring (bicyclic) bond motifs is 3. The van der Waals surface area contributed by atoms with Gasteiger partial charge in [0.1, 0.15) is 17.3 Å². The van der Waals surface area contributed by atoms with Crippen LogP contribution in [0.2, 0.25) is 0 Å². The predicted octanol–water partition coefficient (Wildman–Crippen LogP) is 2.62. The van der Waals surface area contributed by atoms with Gasteiger partial charge in [0, 0.05) is 4.88 Å². The minimum absolute atomic E-state index is 0.134. The number of benzene rings is 1. The fourth-order valence-electron chi connectivity index (χ4n) is 3.19. The summed E-state index contributed by atoms with van der Waals surface area (Å²) in [5, 5.41) is 0.668. The first-order valence-electron chi connectivity index (χ1n) is 8.46. The number of methoxy groups -OCH3 is 1. The van der Waals surface area contributed by atoms with E-state index in [2.05, 4.69) is 14.7 Å². The van der Waals surface area contributed by atoms with Crippen LogP contribution >= 0.6 is 11.3 Å². The maximum absolute atomic E-state index is 12.4. The van der Waals surface area contributed by atoms with Crippen molar-refractivity contribution in [2.45, 2.75) is 25.9 Å². The molecule has 8 heteroatoms. The highest BCUT2D eigenvalue weighted by atomic mass is 32.1. The number of rotatable bonds is 4. The molecule has 0 saturated heterocycles. The molecule has 0 unspecified atom stereocenters. The number of thiophene rings is 1. The lowest BCUT2D eigenvalue weighted by atomic mass is 10.1. The van der Waals surface area contributed by atoms with Crippen molar-refractivity contribution in [3.8, 4) is 0 Å². The summed E-state index contributed by atoms with van der Waals surface area (Å²) in [7, 11) is 1.29. The van der Waals surface area contributed by atoms with E-state index in [4.69, 9.17) is 4.74 Å². The molecule has 1 aliphatic rings. The minimum atomic E-state index is -0.567. The molecule has 0 aliphatic heterocycles. The average molecular weight is 384 g/mol. The number of hydrogen-bond donors (Lipinski definition) is 1. The van der Waals surface area contributed by atoms with Crippen molar-refractivity contribution in [1.29, 1.82) is 0 Å². The van der Waals surface area contributed by atoms with Crippen LogP contribution in [0.3, 0.4) is 0 Å². The van der Waals surface area contributed by atoms with Gasteiger partial charge in [-0.15, -0.1) is 11.3 Å². The molecule has 0 radical (unpaired) electrons. The normalized spacial score (nSPS) is 12.8. The average Bonchev–Trinajstić information content (AvgIpc) is 3.26. The number of ether oxygens (including phenoxy) is 2. The van der Waals surface area contributed by atoms with Crippen LogP contribution in [0.25, 0.3) is 10.2 Å². The van der Waals surface area contributed by atoms with Gasteiger partial charge in [0.05, 0.1) is 23.6 Å². The molecule has 0 atom stereocenters. The van der Waals surface area contributed by atoms with E-state index in [1.165, 1.54) is 47.6 Å². The molecule has 1 N–H and O–H groups in total. The summed E-state index contributed by atoms with van der Waals surface area (Å²) < 4.78 is 9.85. The lowest BCUT2D eigenvalue weighted by Crippen LogP contribution is -2.14. The van der Waals surface area contributed by atoms with Gasteiger partial charge in [0.25, 0.3) is 5.56 Å². The van der Waals surface area contributed by atoms with Gasteiger partial charge in [0.15, 0.2) is 0 Å². The smallest absolute Gasteiger partial charge is 0.338 e. The van der Waals surface area contributed by atoms with E-state index >= 15 is 0 Å². The molecule has 0 spiro atoms. The first-order valence-corrected chi connectivity index (χ1v) is 9.27. The van der Waals surface area contributed by atoms with Crippen molar-refractivity contribution < 1.29 is 19.1 Å². The third-order valence-electron chi connectivity index (χ3n) is 4.51. The van der Waals surface area contributed by atoms with Gasteiger partial charge < -0.3 is 14.5 Å². The highest BCUT2D eigenvalue weighted by Gasteiger charge is 2.21. The molecule has 3 aromatic rings. The van der Waals surface area contributed by atoms with E-state index in [1.54, 1.807) is 0 Å².